The molecule has 2 aromatic carbocycles. The van der Waals surface area contributed by atoms with Gasteiger partial charge >= 0.3 is 0 Å². The summed E-state index contributed by atoms with van der Waals surface area (Å²) in [7, 11) is 0. The maximum absolute atomic E-state index is 12.3. The van der Waals surface area contributed by atoms with Gasteiger partial charge in [0.25, 0.3) is 5.91 Å². The molecule has 1 amide bonds. The van der Waals surface area contributed by atoms with Crippen LogP contribution in [0.1, 0.15) is 23.0 Å². The van der Waals surface area contributed by atoms with Crippen molar-refractivity contribution in [3.8, 4) is 11.3 Å². The molecule has 5 nitrogen and oxygen atoms in total. The van der Waals surface area contributed by atoms with Crippen molar-refractivity contribution < 1.29 is 4.79 Å². The second-order valence-electron chi connectivity index (χ2n) is 5.44. The SMILES string of the molecule is C/C(=N\NC(=O)c1cc(-c2ccc(Cl)cc2Cl)n[nH]1)c1ccc(Cl)cc1. The molecule has 0 aliphatic heterocycles. The van der Waals surface area contributed by atoms with Crippen LogP contribution in [-0.2, 0) is 0 Å². The highest BCUT2D eigenvalue weighted by molar-refractivity contribution is 6.36. The van der Waals surface area contributed by atoms with Crippen molar-refractivity contribution in [2.45, 2.75) is 6.92 Å². The van der Waals surface area contributed by atoms with Crippen molar-refractivity contribution in [3.63, 3.8) is 0 Å². The van der Waals surface area contributed by atoms with Gasteiger partial charge in [-0.2, -0.15) is 10.2 Å². The van der Waals surface area contributed by atoms with E-state index in [-0.39, 0.29) is 5.69 Å². The number of nitrogens with one attached hydrogen (secondary N) is 2. The van der Waals surface area contributed by atoms with Gasteiger partial charge in [-0.15, -0.1) is 0 Å². The third-order valence-electron chi connectivity index (χ3n) is 3.62. The van der Waals surface area contributed by atoms with Crippen molar-refractivity contribution in [1.82, 2.24) is 15.6 Å². The van der Waals surface area contributed by atoms with Crippen LogP contribution in [0, 0.1) is 0 Å². The molecule has 0 fully saturated rings. The smallest absolute Gasteiger partial charge is 0.272 e. The van der Waals surface area contributed by atoms with Gasteiger partial charge in [-0.05, 0) is 48.9 Å². The van der Waals surface area contributed by atoms with E-state index in [1.54, 1.807) is 43.3 Å². The van der Waals surface area contributed by atoms with Crippen LogP contribution in [0.3, 0.4) is 0 Å². The van der Waals surface area contributed by atoms with Gasteiger partial charge in [0, 0.05) is 15.6 Å². The second-order valence-corrected chi connectivity index (χ2v) is 6.72. The molecule has 1 heterocycles. The molecule has 2 N–H and O–H groups in total. The number of nitrogens with zero attached hydrogens (tertiary/aromatic N) is 2. The zero-order valence-electron chi connectivity index (χ0n) is 13.6. The zero-order valence-corrected chi connectivity index (χ0v) is 15.8. The Morgan fingerprint density at radius 2 is 1.73 bits per heavy atom. The molecule has 0 saturated carbocycles. The van der Waals surface area contributed by atoms with E-state index in [0.717, 1.165) is 5.56 Å². The molecule has 0 aliphatic carbocycles. The van der Waals surface area contributed by atoms with Gasteiger partial charge in [-0.1, -0.05) is 46.9 Å². The predicted molar refractivity (Wildman–Crippen MR) is 105 cm³/mol. The van der Waals surface area contributed by atoms with Crippen LogP contribution in [0.2, 0.25) is 15.1 Å². The van der Waals surface area contributed by atoms with Gasteiger partial charge in [-0.3, -0.25) is 9.89 Å². The minimum Gasteiger partial charge on any atom is -0.272 e. The molecular formula is C18H13Cl3N4O. The monoisotopic (exact) mass is 406 g/mol. The van der Waals surface area contributed by atoms with E-state index in [1.165, 1.54) is 0 Å². The number of aromatic nitrogens is 2. The van der Waals surface area contributed by atoms with Gasteiger partial charge < -0.3 is 0 Å². The molecule has 0 radical (unpaired) electrons. The summed E-state index contributed by atoms with van der Waals surface area (Å²) < 4.78 is 0. The average molecular weight is 408 g/mol. The summed E-state index contributed by atoms with van der Waals surface area (Å²) in [6.45, 7) is 1.79. The minimum atomic E-state index is -0.415. The normalized spacial score (nSPS) is 11.5. The van der Waals surface area contributed by atoms with Crippen molar-refractivity contribution in [2.24, 2.45) is 5.10 Å². The van der Waals surface area contributed by atoms with Gasteiger partial charge in [0.1, 0.15) is 5.69 Å². The lowest BCUT2D eigenvalue weighted by Gasteiger charge is -2.02. The highest BCUT2D eigenvalue weighted by atomic mass is 35.5. The summed E-state index contributed by atoms with van der Waals surface area (Å²) in [5, 5.41) is 12.5. The van der Waals surface area contributed by atoms with Crippen LogP contribution in [0.4, 0.5) is 0 Å². The number of hydrazone groups is 1. The van der Waals surface area contributed by atoms with Crippen LogP contribution in [0.15, 0.2) is 53.6 Å². The van der Waals surface area contributed by atoms with E-state index in [2.05, 4.69) is 20.7 Å². The lowest BCUT2D eigenvalue weighted by Crippen LogP contribution is -2.19. The Morgan fingerprint density at radius 1 is 1.04 bits per heavy atom. The van der Waals surface area contributed by atoms with E-state index in [0.29, 0.717) is 32.0 Å². The molecule has 132 valence electrons. The number of carbonyl (C=O) groups is 1. The first-order chi connectivity index (χ1) is 12.4. The molecule has 0 spiro atoms. The summed E-state index contributed by atoms with van der Waals surface area (Å²) in [5.74, 6) is -0.415. The van der Waals surface area contributed by atoms with E-state index < -0.39 is 5.91 Å². The van der Waals surface area contributed by atoms with Crippen LogP contribution in [0.5, 0.6) is 0 Å². The molecule has 3 rings (SSSR count). The number of aromatic amines is 1. The number of benzene rings is 2. The number of halogens is 3. The molecule has 0 bridgehead atoms. The maximum atomic E-state index is 12.3. The van der Waals surface area contributed by atoms with Crippen LogP contribution >= 0.6 is 34.8 Å². The molecule has 1 aromatic heterocycles. The summed E-state index contributed by atoms with van der Waals surface area (Å²) >= 11 is 17.9. The summed E-state index contributed by atoms with van der Waals surface area (Å²) in [4.78, 5) is 12.3. The Bertz CT molecular complexity index is 980. The average Bonchev–Trinajstić information content (AvgIpc) is 3.10. The van der Waals surface area contributed by atoms with Gasteiger partial charge in [0.15, 0.2) is 0 Å². The Balaban J connectivity index is 1.74. The number of carbonyl (C=O) groups excluding carboxylic acids is 1. The van der Waals surface area contributed by atoms with E-state index >= 15 is 0 Å². The number of hydrogen-bond donors (Lipinski definition) is 2. The van der Waals surface area contributed by atoms with E-state index in [9.17, 15) is 4.79 Å². The highest BCUT2D eigenvalue weighted by Gasteiger charge is 2.13. The van der Waals surface area contributed by atoms with Crippen LogP contribution in [0.25, 0.3) is 11.3 Å². The van der Waals surface area contributed by atoms with Crippen molar-refractivity contribution >= 4 is 46.4 Å². The topological polar surface area (TPSA) is 70.1 Å². The maximum Gasteiger partial charge on any atom is 0.289 e. The minimum absolute atomic E-state index is 0.263. The molecule has 0 atom stereocenters. The van der Waals surface area contributed by atoms with Crippen molar-refractivity contribution in [3.05, 3.63) is 74.9 Å². The first-order valence-electron chi connectivity index (χ1n) is 7.55. The molecule has 0 saturated heterocycles. The predicted octanol–water partition coefficient (Wildman–Crippen LogP) is 5.19. The number of amides is 1. The largest absolute Gasteiger partial charge is 0.289 e. The molecule has 3 aromatic rings. The number of hydrogen-bond acceptors (Lipinski definition) is 3. The first-order valence-corrected chi connectivity index (χ1v) is 8.69. The Morgan fingerprint density at radius 3 is 2.42 bits per heavy atom. The summed E-state index contributed by atoms with van der Waals surface area (Å²) in [6, 6.07) is 13.8. The van der Waals surface area contributed by atoms with Crippen LogP contribution < -0.4 is 5.43 Å². The standard InChI is InChI=1S/C18H13Cl3N4O/c1-10(11-2-4-12(19)5-3-11)22-25-18(26)17-9-16(23-24-17)14-7-6-13(20)8-15(14)21/h2-9H,1H3,(H,23,24)(H,25,26)/b22-10+. The lowest BCUT2D eigenvalue weighted by atomic mass is 10.1. The van der Waals surface area contributed by atoms with Crippen molar-refractivity contribution in [1.29, 1.82) is 0 Å². The lowest BCUT2D eigenvalue weighted by molar-refractivity contribution is 0.0950. The second kappa shape index (κ2) is 7.91. The van der Waals surface area contributed by atoms with Crippen LogP contribution in [-0.4, -0.2) is 21.8 Å². The fourth-order valence-corrected chi connectivity index (χ4v) is 2.86. The first kappa shape index (κ1) is 18.5. The van der Waals surface area contributed by atoms with Crippen molar-refractivity contribution in [2.75, 3.05) is 0 Å². The Kier molecular flexibility index (Phi) is 5.61. The number of rotatable bonds is 4. The fourth-order valence-electron chi connectivity index (χ4n) is 2.22. The highest BCUT2D eigenvalue weighted by Crippen LogP contribution is 2.29. The third kappa shape index (κ3) is 4.25. The third-order valence-corrected chi connectivity index (χ3v) is 4.42. The molecule has 0 aliphatic rings. The molecular weight excluding hydrogens is 395 g/mol. The summed E-state index contributed by atoms with van der Waals surface area (Å²) in [6.07, 6.45) is 0. The van der Waals surface area contributed by atoms with Gasteiger partial charge in [0.05, 0.1) is 16.4 Å². The zero-order chi connectivity index (χ0) is 18.7. The molecule has 0 unspecified atom stereocenters. The van der Waals surface area contributed by atoms with Gasteiger partial charge in [-0.25, -0.2) is 5.43 Å². The molecule has 26 heavy (non-hydrogen) atoms. The quantitative estimate of drug-likeness (QED) is 0.461. The number of H-pyrrole nitrogens is 1. The fraction of sp³-hybridized carbons (Fsp3) is 0.0556. The van der Waals surface area contributed by atoms with E-state index in [1.807, 2.05) is 12.1 Å². The Labute approximate surface area is 165 Å². The molecule has 8 heteroatoms. The summed E-state index contributed by atoms with van der Waals surface area (Å²) in [5.41, 5.74) is 5.47. The Hall–Kier alpha value is -2.34. The van der Waals surface area contributed by atoms with Gasteiger partial charge in [0.2, 0.25) is 0 Å². The van der Waals surface area contributed by atoms with E-state index in [4.69, 9.17) is 34.8 Å².